The van der Waals surface area contributed by atoms with Gasteiger partial charge in [-0.3, -0.25) is 4.68 Å². The summed E-state index contributed by atoms with van der Waals surface area (Å²) in [5.41, 5.74) is 1.91. The van der Waals surface area contributed by atoms with Crippen LogP contribution in [-0.4, -0.2) is 15.7 Å². The molecule has 0 amide bonds. The zero-order chi connectivity index (χ0) is 15.0. The minimum absolute atomic E-state index is 0.230. The van der Waals surface area contributed by atoms with E-state index in [9.17, 15) is 4.79 Å². The normalized spacial score (nSPS) is 11.0. The minimum Gasteiger partial charge on any atom is -0.457 e. The number of hydrogen-bond acceptors (Lipinski definition) is 4. The van der Waals surface area contributed by atoms with Crippen LogP contribution in [0.25, 0.3) is 10.1 Å². The Morgan fingerprint density at radius 1 is 1.43 bits per heavy atom. The van der Waals surface area contributed by atoms with Crippen LogP contribution in [0.1, 0.15) is 21.6 Å². The van der Waals surface area contributed by atoms with E-state index < -0.39 is 5.97 Å². The molecule has 0 atom stereocenters. The Kier molecular flexibility index (Phi) is 3.69. The Hall–Kier alpha value is -1.85. The number of halogens is 1. The van der Waals surface area contributed by atoms with Crippen molar-refractivity contribution in [2.75, 3.05) is 0 Å². The van der Waals surface area contributed by atoms with Crippen LogP contribution < -0.4 is 0 Å². The largest absolute Gasteiger partial charge is 0.457 e. The van der Waals surface area contributed by atoms with Crippen LogP contribution >= 0.6 is 22.9 Å². The highest BCUT2D eigenvalue weighted by molar-refractivity contribution is 7.17. The zero-order valence-corrected chi connectivity index (χ0v) is 13.2. The number of esters is 1. The van der Waals surface area contributed by atoms with E-state index in [-0.39, 0.29) is 6.61 Å². The number of fused-ring (bicyclic) bond motifs is 1. The second-order valence-electron chi connectivity index (χ2n) is 4.71. The number of benzene rings is 1. The number of nitrogens with zero attached hydrogens (tertiary/aromatic N) is 2. The molecule has 1 aromatic carbocycles. The van der Waals surface area contributed by atoms with E-state index in [1.807, 2.05) is 29.6 Å². The quantitative estimate of drug-likeness (QED) is 0.686. The first-order valence-electron chi connectivity index (χ1n) is 6.39. The standard InChI is InChI=1S/C15H13ClN2O2S/c1-9-13(14(16)18(2)17-9)15(19)20-7-10-8-21-12-6-4-3-5-11(10)12/h3-6,8H,7H2,1-2H3. The van der Waals surface area contributed by atoms with Gasteiger partial charge in [-0.2, -0.15) is 5.10 Å². The van der Waals surface area contributed by atoms with Gasteiger partial charge in [-0.1, -0.05) is 29.8 Å². The molecule has 0 saturated carbocycles. The van der Waals surface area contributed by atoms with Crippen LogP contribution in [0.3, 0.4) is 0 Å². The van der Waals surface area contributed by atoms with E-state index in [2.05, 4.69) is 5.10 Å². The Morgan fingerprint density at radius 3 is 2.90 bits per heavy atom. The molecule has 6 heteroatoms. The van der Waals surface area contributed by atoms with Gasteiger partial charge >= 0.3 is 5.97 Å². The van der Waals surface area contributed by atoms with Crippen molar-refractivity contribution in [3.05, 3.63) is 51.6 Å². The molecule has 0 saturated heterocycles. The van der Waals surface area contributed by atoms with E-state index in [1.54, 1.807) is 25.3 Å². The number of thiophene rings is 1. The average molecular weight is 321 g/mol. The van der Waals surface area contributed by atoms with E-state index in [1.165, 1.54) is 9.38 Å². The first-order valence-corrected chi connectivity index (χ1v) is 7.65. The SMILES string of the molecule is Cc1nn(C)c(Cl)c1C(=O)OCc1csc2ccccc12. The molecular weight excluding hydrogens is 308 g/mol. The highest BCUT2D eigenvalue weighted by atomic mass is 35.5. The number of carbonyl (C=O) groups is 1. The van der Waals surface area contributed by atoms with Crippen molar-refractivity contribution in [2.24, 2.45) is 7.05 Å². The topological polar surface area (TPSA) is 44.1 Å². The molecule has 3 rings (SSSR count). The van der Waals surface area contributed by atoms with Gasteiger partial charge < -0.3 is 4.74 Å². The molecule has 21 heavy (non-hydrogen) atoms. The number of hydrogen-bond donors (Lipinski definition) is 0. The van der Waals surface area contributed by atoms with Crippen molar-refractivity contribution >= 4 is 39.0 Å². The van der Waals surface area contributed by atoms with Gasteiger partial charge in [0, 0.05) is 17.3 Å². The highest BCUT2D eigenvalue weighted by Crippen LogP contribution is 2.27. The molecule has 4 nitrogen and oxygen atoms in total. The fourth-order valence-corrected chi connectivity index (χ4v) is 3.42. The number of aromatic nitrogens is 2. The lowest BCUT2D eigenvalue weighted by Crippen LogP contribution is -2.06. The van der Waals surface area contributed by atoms with Gasteiger partial charge in [-0.05, 0) is 23.8 Å². The summed E-state index contributed by atoms with van der Waals surface area (Å²) >= 11 is 7.70. The average Bonchev–Trinajstić information content (AvgIpc) is 2.98. The Balaban J connectivity index is 1.80. The van der Waals surface area contributed by atoms with Crippen LogP contribution in [-0.2, 0) is 18.4 Å². The predicted molar refractivity (Wildman–Crippen MR) is 83.9 cm³/mol. The lowest BCUT2D eigenvalue weighted by Gasteiger charge is -2.04. The molecule has 0 fully saturated rings. The van der Waals surface area contributed by atoms with Crippen molar-refractivity contribution in [3.63, 3.8) is 0 Å². The summed E-state index contributed by atoms with van der Waals surface area (Å²) in [6.45, 7) is 1.97. The third-order valence-corrected chi connectivity index (χ3v) is 4.72. The summed E-state index contributed by atoms with van der Waals surface area (Å²) in [5.74, 6) is -0.444. The lowest BCUT2D eigenvalue weighted by molar-refractivity contribution is 0.0474. The summed E-state index contributed by atoms with van der Waals surface area (Å²) in [4.78, 5) is 12.2. The predicted octanol–water partition coefficient (Wildman–Crippen LogP) is 3.95. The van der Waals surface area contributed by atoms with Gasteiger partial charge in [-0.15, -0.1) is 11.3 Å². The number of rotatable bonds is 3. The third-order valence-electron chi connectivity index (χ3n) is 3.28. The maximum absolute atomic E-state index is 12.2. The monoisotopic (exact) mass is 320 g/mol. The van der Waals surface area contributed by atoms with Crippen molar-refractivity contribution in [3.8, 4) is 0 Å². The number of aryl methyl sites for hydroxylation is 2. The summed E-state index contributed by atoms with van der Waals surface area (Å²) < 4.78 is 8.03. The van der Waals surface area contributed by atoms with Gasteiger partial charge in [0.15, 0.2) is 0 Å². The molecule has 0 N–H and O–H groups in total. The third kappa shape index (κ3) is 2.54. The van der Waals surface area contributed by atoms with E-state index >= 15 is 0 Å². The molecule has 2 aromatic heterocycles. The zero-order valence-electron chi connectivity index (χ0n) is 11.6. The maximum atomic E-state index is 12.2. The Bertz CT molecular complexity index is 822. The van der Waals surface area contributed by atoms with Crippen molar-refractivity contribution < 1.29 is 9.53 Å². The first kappa shape index (κ1) is 14.1. The molecule has 0 bridgehead atoms. The Labute approximate surface area is 130 Å². The maximum Gasteiger partial charge on any atom is 0.343 e. The van der Waals surface area contributed by atoms with Crippen molar-refractivity contribution in [2.45, 2.75) is 13.5 Å². The summed E-state index contributed by atoms with van der Waals surface area (Å²) in [6, 6.07) is 8.04. The fraction of sp³-hybridized carbons (Fsp3) is 0.200. The Morgan fingerprint density at radius 2 is 2.19 bits per heavy atom. The molecule has 2 heterocycles. The molecule has 0 unspecified atom stereocenters. The molecule has 108 valence electrons. The van der Waals surface area contributed by atoms with E-state index in [4.69, 9.17) is 16.3 Å². The smallest absolute Gasteiger partial charge is 0.343 e. The highest BCUT2D eigenvalue weighted by Gasteiger charge is 2.20. The lowest BCUT2D eigenvalue weighted by atomic mass is 10.2. The second kappa shape index (κ2) is 5.50. The summed E-state index contributed by atoms with van der Waals surface area (Å²) in [5, 5.41) is 7.54. The molecule has 3 aromatic rings. The van der Waals surface area contributed by atoms with Crippen LogP contribution in [0, 0.1) is 6.92 Å². The van der Waals surface area contributed by atoms with Gasteiger partial charge in [0.2, 0.25) is 0 Å². The number of ether oxygens (including phenoxy) is 1. The molecule has 0 radical (unpaired) electrons. The van der Waals surface area contributed by atoms with Crippen molar-refractivity contribution in [1.29, 1.82) is 0 Å². The molecule has 0 aliphatic carbocycles. The van der Waals surface area contributed by atoms with Gasteiger partial charge in [-0.25, -0.2) is 4.79 Å². The number of carbonyl (C=O) groups excluding carboxylic acids is 1. The molecular formula is C15H13ClN2O2S. The molecule has 0 aliphatic rings. The van der Waals surface area contributed by atoms with E-state index in [0.717, 1.165) is 10.9 Å². The van der Waals surface area contributed by atoms with Gasteiger partial charge in [0.05, 0.1) is 5.69 Å². The first-order chi connectivity index (χ1) is 10.1. The fourth-order valence-electron chi connectivity index (χ4n) is 2.22. The molecule has 0 aliphatic heterocycles. The second-order valence-corrected chi connectivity index (χ2v) is 5.98. The van der Waals surface area contributed by atoms with Gasteiger partial charge in [0.1, 0.15) is 17.3 Å². The van der Waals surface area contributed by atoms with Crippen molar-refractivity contribution in [1.82, 2.24) is 9.78 Å². The van der Waals surface area contributed by atoms with Crippen LogP contribution in [0.2, 0.25) is 5.15 Å². The van der Waals surface area contributed by atoms with Gasteiger partial charge in [0.25, 0.3) is 0 Å². The summed E-state index contributed by atoms with van der Waals surface area (Å²) in [7, 11) is 1.69. The minimum atomic E-state index is -0.444. The molecule has 0 spiro atoms. The van der Waals surface area contributed by atoms with Crippen LogP contribution in [0.5, 0.6) is 0 Å². The van der Waals surface area contributed by atoms with Crippen LogP contribution in [0.15, 0.2) is 29.6 Å². The van der Waals surface area contributed by atoms with Crippen LogP contribution in [0.4, 0.5) is 0 Å². The van der Waals surface area contributed by atoms with E-state index in [0.29, 0.717) is 16.4 Å². The summed E-state index contributed by atoms with van der Waals surface area (Å²) in [6.07, 6.45) is 0.